The van der Waals surface area contributed by atoms with E-state index in [1.54, 1.807) is 0 Å². The maximum absolute atomic E-state index is 12.3. The zero-order chi connectivity index (χ0) is 14.9. The molecular weight excluding hydrogens is 273 g/mol. The molecular formula is C12H15F3N4O. The van der Waals surface area contributed by atoms with Gasteiger partial charge >= 0.3 is 6.18 Å². The van der Waals surface area contributed by atoms with E-state index in [4.69, 9.17) is 4.74 Å². The van der Waals surface area contributed by atoms with Crippen molar-refractivity contribution in [3.63, 3.8) is 0 Å². The molecule has 20 heavy (non-hydrogen) atoms. The van der Waals surface area contributed by atoms with E-state index in [-0.39, 0.29) is 12.2 Å². The fourth-order valence-corrected chi connectivity index (χ4v) is 1.83. The number of nitrogens with zero attached hydrogens (tertiary/aromatic N) is 4. The smallest absolute Gasteiger partial charge is 0.389 e. The van der Waals surface area contributed by atoms with E-state index in [0.717, 1.165) is 11.1 Å². The van der Waals surface area contributed by atoms with Crippen LogP contribution in [0.5, 0.6) is 5.88 Å². The van der Waals surface area contributed by atoms with Crippen LogP contribution >= 0.6 is 0 Å². The molecule has 2 rings (SSSR count). The summed E-state index contributed by atoms with van der Waals surface area (Å²) in [4.78, 5) is 0. The third-order valence-electron chi connectivity index (χ3n) is 3.03. The van der Waals surface area contributed by atoms with Crippen LogP contribution in [0.2, 0.25) is 0 Å². The lowest BCUT2D eigenvalue weighted by atomic mass is 10.2. The molecule has 0 spiro atoms. The molecule has 2 aromatic rings. The van der Waals surface area contributed by atoms with Gasteiger partial charge < -0.3 is 4.74 Å². The van der Waals surface area contributed by atoms with Crippen molar-refractivity contribution in [1.82, 2.24) is 19.8 Å². The van der Waals surface area contributed by atoms with Gasteiger partial charge in [0.2, 0.25) is 5.88 Å². The van der Waals surface area contributed by atoms with E-state index in [0.29, 0.717) is 18.1 Å². The molecule has 0 bridgehead atoms. The highest BCUT2D eigenvalue weighted by atomic mass is 19.4. The van der Waals surface area contributed by atoms with Crippen LogP contribution in [0.15, 0.2) is 0 Å². The lowest BCUT2D eigenvalue weighted by Crippen LogP contribution is -2.12. The molecule has 0 atom stereocenters. The van der Waals surface area contributed by atoms with E-state index in [2.05, 4.69) is 15.3 Å². The summed E-state index contributed by atoms with van der Waals surface area (Å²) in [5.74, 6) is 0.576. The highest BCUT2D eigenvalue weighted by Gasteiger charge is 2.28. The number of aryl methyl sites for hydroxylation is 2. The number of ether oxygens (including phenoxy) is 1. The number of hydrogen-bond donors (Lipinski definition) is 0. The summed E-state index contributed by atoms with van der Waals surface area (Å²) < 4.78 is 43.6. The molecule has 0 saturated heterocycles. The van der Waals surface area contributed by atoms with Gasteiger partial charge in [-0.25, -0.2) is 0 Å². The molecule has 0 aliphatic carbocycles. The lowest BCUT2D eigenvalue weighted by Gasteiger charge is -2.10. The highest BCUT2D eigenvalue weighted by Crippen LogP contribution is 2.24. The Morgan fingerprint density at radius 2 is 1.85 bits per heavy atom. The fraction of sp³-hybridized carbons (Fsp3) is 0.583. The van der Waals surface area contributed by atoms with Crippen LogP contribution in [0.1, 0.15) is 30.3 Å². The van der Waals surface area contributed by atoms with Crippen molar-refractivity contribution in [1.29, 1.82) is 0 Å². The SMILES string of the molecule is CCOc1nn2c(CCC(F)(F)F)nnc2c(C)c1C. The number of fused-ring (bicyclic) bond motifs is 1. The van der Waals surface area contributed by atoms with Gasteiger partial charge in [0.1, 0.15) is 0 Å². The molecule has 0 aliphatic heterocycles. The van der Waals surface area contributed by atoms with Gasteiger partial charge in [-0.1, -0.05) is 0 Å². The minimum Gasteiger partial charge on any atom is -0.477 e. The minimum atomic E-state index is -4.23. The van der Waals surface area contributed by atoms with Crippen LogP contribution in [0.25, 0.3) is 5.65 Å². The zero-order valence-corrected chi connectivity index (χ0v) is 11.5. The molecule has 0 unspecified atom stereocenters. The second kappa shape index (κ2) is 5.26. The van der Waals surface area contributed by atoms with Crippen molar-refractivity contribution in [2.75, 3.05) is 6.61 Å². The van der Waals surface area contributed by atoms with Crippen LogP contribution in [0.4, 0.5) is 13.2 Å². The Balaban J connectivity index is 2.43. The number of halogens is 3. The van der Waals surface area contributed by atoms with Crippen LogP contribution < -0.4 is 4.74 Å². The maximum atomic E-state index is 12.3. The highest BCUT2D eigenvalue weighted by molar-refractivity contribution is 5.52. The van der Waals surface area contributed by atoms with Gasteiger partial charge in [-0.3, -0.25) is 0 Å². The average molecular weight is 288 g/mol. The van der Waals surface area contributed by atoms with Crippen molar-refractivity contribution in [3.8, 4) is 5.88 Å². The molecule has 0 aliphatic rings. The first-order chi connectivity index (χ1) is 9.33. The Bertz CT molecular complexity index is 621. The second-order valence-electron chi connectivity index (χ2n) is 4.45. The molecule has 0 amide bonds. The summed E-state index contributed by atoms with van der Waals surface area (Å²) in [6.07, 6.45) is -5.44. The Morgan fingerprint density at radius 1 is 1.15 bits per heavy atom. The average Bonchev–Trinajstić information content (AvgIpc) is 2.76. The van der Waals surface area contributed by atoms with Crippen LogP contribution in [0.3, 0.4) is 0 Å². The van der Waals surface area contributed by atoms with Gasteiger partial charge in [0.05, 0.1) is 13.0 Å². The molecule has 0 fully saturated rings. The summed E-state index contributed by atoms with van der Waals surface area (Å²) >= 11 is 0. The normalized spacial score (nSPS) is 12.1. The largest absolute Gasteiger partial charge is 0.477 e. The minimum absolute atomic E-state index is 0.182. The number of rotatable bonds is 4. The fourth-order valence-electron chi connectivity index (χ4n) is 1.83. The summed E-state index contributed by atoms with van der Waals surface area (Å²) in [6, 6.07) is 0. The van der Waals surface area contributed by atoms with Crippen molar-refractivity contribution < 1.29 is 17.9 Å². The summed E-state index contributed by atoms with van der Waals surface area (Å²) in [5, 5.41) is 11.9. The molecule has 0 aromatic carbocycles. The molecule has 110 valence electrons. The standard InChI is InChI=1S/C12H15F3N4O/c1-4-20-11-8(3)7(2)10-17-16-9(19(10)18-11)5-6-12(13,14)15/h4-6H2,1-3H3. The quantitative estimate of drug-likeness (QED) is 0.868. The van der Waals surface area contributed by atoms with Gasteiger partial charge in [-0.05, 0) is 20.8 Å². The van der Waals surface area contributed by atoms with Crippen molar-refractivity contribution in [2.45, 2.75) is 39.8 Å². The Morgan fingerprint density at radius 3 is 2.45 bits per heavy atom. The van der Waals surface area contributed by atoms with Crippen molar-refractivity contribution in [3.05, 3.63) is 17.0 Å². The van der Waals surface area contributed by atoms with Crippen molar-refractivity contribution in [2.24, 2.45) is 0 Å². The lowest BCUT2D eigenvalue weighted by molar-refractivity contribution is -0.134. The predicted octanol–water partition coefficient (Wildman–Crippen LogP) is 2.63. The number of aromatic nitrogens is 4. The van der Waals surface area contributed by atoms with Gasteiger partial charge in [0, 0.05) is 17.5 Å². The molecule has 5 nitrogen and oxygen atoms in total. The third-order valence-corrected chi connectivity index (χ3v) is 3.03. The zero-order valence-electron chi connectivity index (χ0n) is 11.5. The number of hydrogen-bond acceptors (Lipinski definition) is 4. The van der Waals surface area contributed by atoms with Crippen LogP contribution in [0, 0.1) is 13.8 Å². The van der Waals surface area contributed by atoms with Gasteiger partial charge in [-0.15, -0.1) is 15.3 Å². The molecule has 2 aromatic heterocycles. The first-order valence-corrected chi connectivity index (χ1v) is 6.24. The Labute approximate surface area is 113 Å². The van der Waals surface area contributed by atoms with E-state index in [1.807, 2.05) is 20.8 Å². The monoisotopic (exact) mass is 288 g/mol. The first kappa shape index (κ1) is 14.5. The van der Waals surface area contributed by atoms with Gasteiger partial charge in [-0.2, -0.15) is 17.7 Å². The van der Waals surface area contributed by atoms with E-state index < -0.39 is 12.6 Å². The van der Waals surface area contributed by atoms with Gasteiger partial charge in [0.25, 0.3) is 0 Å². The first-order valence-electron chi connectivity index (χ1n) is 6.24. The van der Waals surface area contributed by atoms with E-state index in [1.165, 1.54) is 4.52 Å². The van der Waals surface area contributed by atoms with Crippen LogP contribution in [-0.2, 0) is 6.42 Å². The number of alkyl halides is 3. The molecule has 0 radical (unpaired) electrons. The predicted molar refractivity (Wildman–Crippen MR) is 65.8 cm³/mol. The molecule has 0 N–H and O–H groups in total. The Kier molecular flexibility index (Phi) is 3.82. The molecule has 0 saturated carbocycles. The van der Waals surface area contributed by atoms with Gasteiger partial charge in [0.15, 0.2) is 11.5 Å². The molecule has 2 heterocycles. The summed E-state index contributed by atoms with van der Waals surface area (Å²) in [6.45, 7) is 5.89. The Hall–Kier alpha value is -1.86. The van der Waals surface area contributed by atoms with E-state index >= 15 is 0 Å². The maximum Gasteiger partial charge on any atom is 0.389 e. The summed E-state index contributed by atoms with van der Waals surface area (Å²) in [7, 11) is 0. The van der Waals surface area contributed by atoms with Crippen molar-refractivity contribution >= 4 is 5.65 Å². The topological polar surface area (TPSA) is 52.3 Å². The van der Waals surface area contributed by atoms with Crippen LogP contribution in [-0.4, -0.2) is 32.6 Å². The molecule has 8 heteroatoms. The summed E-state index contributed by atoms with van der Waals surface area (Å²) in [5.41, 5.74) is 2.08. The van der Waals surface area contributed by atoms with E-state index in [9.17, 15) is 13.2 Å². The second-order valence-corrected chi connectivity index (χ2v) is 4.45. The third kappa shape index (κ3) is 2.83.